The maximum absolute atomic E-state index is 3.69. The Morgan fingerprint density at radius 1 is 1.47 bits per heavy atom. The Morgan fingerprint density at radius 2 is 2.35 bits per heavy atom. The van der Waals surface area contributed by atoms with Gasteiger partial charge in [0.25, 0.3) is 0 Å². The van der Waals surface area contributed by atoms with Crippen molar-refractivity contribution in [2.45, 2.75) is 31.3 Å². The molecule has 1 aliphatic carbocycles. The Morgan fingerprint density at radius 3 is 3.18 bits per heavy atom. The summed E-state index contributed by atoms with van der Waals surface area (Å²) >= 11 is 1.91. The van der Waals surface area contributed by atoms with Gasteiger partial charge in [0.1, 0.15) is 5.50 Å². The van der Waals surface area contributed by atoms with Crippen molar-refractivity contribution in [1.82, 2.24) is 5.32 Å². The minimum atomic E-state index is -0.0116. The fourth-order valence-electron chi connectivity index (χ4n) is 2.83. The third kappa shape index (κ3) is 1.78. The van der Waals surface area contributed by atoms with Gasteiger partial charge in [-0.3, -0.25) is 5.32 Å². The van der Waals surface area contributed by atoms with E-state index in [1.807, 2.05) is 11.8 Å². The lowest BCUT2D eigenvalue weighted by Crippen LogP contribution is -2.52. The average Bonchev–Trinajstić information content (AvgIpc) is 2.29. The zero-order valence-corrected chi connectivity index (χ0v) is 11.1. The van der Waals surface area contributed by atoms with E-state index >= 15 is 0 Å². The molecule has 2 atom stereocenters. The predicted octanol–water partition coefficient (Wildman–Crippen LogP) is 3.07. The van der Waals surface area contributed by atoms with Crippen LogP contribution in [0.1, 0.15) is 25.0 Å². The molecule has 0 saturated heterocycles. The second-order valence-corrected chi connectivity index (χ2v) is 6.15. The minimum absolute atomic E-state index is 0.0116. The predicted molar refractivity (Wildman–Crippen MR) is 75.3 cm³/mol. The fraction of sp³-hybridized carbons (Fsp3) is 0.429. The molecule has 1 aliphatic heterocycles. The summed E-state index contributed by atoms with van der Waals surface area (Å²) in [4.78, 5) is 0. The molecule has 0 saturated carbocycles. The van der Waals surface area contributed by atoms with Crippen molar-refractivity contribution < 1.29 is 0 Å². The quantitative estimate of drug-likeness (QED) is 0.784. The zero-order valence-electron chi connectivity index (χ0n) is 10.3. The lowest BCUT2D eigenvalue weighted by atomic mass is 9.80. The Bertz CT molecular complexity index is 469. The van der Waals surface area contributed by atoms with Crippen LogP contribution < -0.4 is 10.6 Å². The van der Waals surface area contributed by atoms with Crippen molar-refractivity contribution >= 4 is 17.4 Å². The number of hydrogen-bond donors (Lipinski definition) is 2. The average molecular weight is 246 g/mol. The summed E-state index contributed by atoms with van der Waals surface area (Å²) in [5.41, 5.74) is 4.44. The van der Waals surface area contributed by atoms with Crippen LogP contribution in [0.4, 0.5) is 5.69 Å². The Hall–Kier alpha value is -0.930. The van der Waals surface area contributed by atoms with Crippen LogP contribution in [0.25, 0.3) is 0 Å². The first-order chi connectivity index (χ1) is 8.23. The van der Waals surface area contributed by atoms with Crippen LogP contribution in [-0.4, -0.2) is 11.3 Å². The van der Waals surface area contributed by atoms with Crippen LogP contribution in [0, 0.1) is 0 Å². The summed E-state index contributed by atoms with van der Waals surface area (Å²) in [5, 5.41) is 7.27. The topological polar surface area (TPSA) is 24.1 Å². The second kappa shape index (κ2) is 4.07. The lowest BCUT2D eigenvalue weighted by Gasteiger charge is -2.43. The minimum Gasteiger partial charge on any atom is -0.361 e. The van der Waals surface area contributed by atoms with Crippen molar-refractivity contribution in [3.8, 4) is 0 Å². The van der Waals surface area contributed by atoms with E-state index in [-0.39, 0.29) is 5.54 Å². The van der Waals surface area contributed by atoms with Gasteiger partial charge in [-0.25, -0.2) is 0 Å². The van der Waals surface area contributed by atoms with E-state index in [2.05, 4.69) is 54.8 Å². The normalized spacial score (nSPS) is 29.6. The van der Waals surface area contributed by atoms with E-state index in [0.717, 1.165) is 12.2 Å². The van der Waals surface area contributed by atoms with Gasteiger partial charge in [-0.2, -0.15) is 0 Å². The van der Waals surface area contributed by atoms with Crippen LogP contribution in [0.15, 0.2) is 30.4 Å². The van der Waals surface area contributed by atoms with Gasteiger partial charge in [-0.15, -0.1) is 11.8 Å². The molecule has 0 aromatic heterocycles. The van der Waals surface area contributed by atoms with E-state index in [9.17, 15) is 0 Å². The first-order valence-corrected chi connectivity index (χ1v) is 7.24. The van der Waals surface area contributed by atoms with E-state index in [0.29, 0.717) is 5.50 Å². The molecule has 90 valence electrons. The number of rotatable bonds is 2. The molecule has 3 rings (SSSR count). The first kappa shape index (κ1) is 11.2. The van der Waals surface area contributed by atoms with Crippen LogP contribution in [0.2, 0.25) is 0 Å². The number of nitrogens with one attached hydrogen (secondary N) is 2. The maximum Gasteiger partial charge on any atom is 0.126 e. The summed E-state index contributed by atoms with van der Waals surface area (Å²) in [7, 11) is 0. The van der Waals surface area contributed by atoms with Gasteiger partial charge in [-0.05, 0) is 30.7 Å². The molecule has 3 heteroatoms. The van der Waals surface area contributed by atoms with Gasteiger partial charge in [-0.1, -0.05) is 31.2 Å². The Kier molecular flexibility index (Phi) is 2.68. The van der Waals surface area contributed by atoms with Crippen LogP contribution in [0.5, 0.6) is 0 Å². The third-order valence-corrected chi connectivity index (χ3v) is 4.41. The summed E-state index contributed by atoms with van der Waals surface area (Å²) in [6.07, 6.45) is 5.63. The molecule has 0 radical (unpaired) electrons. The number of benzene rings is 1. The van der Waals surface area contributed by atoms with E-state index < -0.39 is 0 Å². The summed E-state index contributed by atoms with van der Waals surface area (Å²) in [5.74, 6) is 1.11. The molecule has 0 spiro atoms. The number of hydrogen-bond acceptors (Lipinski definition) is 3. The highest BCUT2D eigenvalue weighted by atomic mass is 32.2. The lowest BCUT2D eigenvalue weighted by molar-refractivity contribution is 0.432. The monoisotopic (exact) mass is 246 g/mol. The summed E-state index contributed by atoms with van der Waals surface area (Å²) < 4.78 is 0. The second-order valence-electron chi connectivity index (χ2n) is 4.77. The Balaban J connectivity index is 2.07. The third-order valence-electron chi connectivity index (χ3n) is 3.51. The van der Waals surface area contributed by atoms with Gasteiger partial charge in [0, 0.05) is 11.3 Å². The number of allylic oxidation sites excluding steroid dienone is 1. The van der Waals surface area contributed by atoms with E-state index in [4.69, 9.17) is 0 Å². The van der Waals surface area contributed by atoms with Gasteiger partial charge in [0.15, 0.2) is 0 Å². The molecular weight excluding hydrogens is 228 g/mol. The molecule has 17 heavy (non-hydrogen) atoms. The highest BCUT2D eigenvalue weighted by Crippen LogP contribution is 2.40. The van der Waals surface area contributed by atoms with Crippen molar-refractivity contribution in [3.05, 3.63) is 41.5 Å². The van der Waals surface area contributed by atoms with Crippen LogP contribution in [-0.2, 0) is 12.0 Å². The molecule has 1 aromatic carbocycles. The standard InChI is InChI=1S/C14H18N2S/c1-3-17-13-15-11-8-4-6-10-7-5-9-14(2,16-13)12(10)11/h4-6,8-9,13,15-16H,3,7H2,1-2H3. The molecular formula is C14H18N2S. The van der Waals surface area contributed by atoms with Gasteiger partial charge < -0.3 is 5.32 Å². The van der Waals surface area contributed by atoms with Crippen molar-refractivity contribution in [2.24, 2.45) is 0 Å². The first-order valence-electron chi connectivity index (χ1n) is 6.19. The molecule has 2 unspecified atom stereocenters. The van der Waals surface area contributed by atoms with E-state index in [1.54, 1.807) is 0 Å². The highest BCUT2D eigenvalue weighted by molar-refractivity contribution is 7.99. The molecule has 0 amide bonds. The number of anilines is 1. The zero-order chi connectivity index (χ0) is 11.9. The van der Waals surface area contributed by atoms with Crippen LogP contribution >= 0.6 is 11.8 Å². The summed E-state index contributed by atoms with van der Waals surface area (Å²) in [6.45, 7) is 4.47. The van der Waals surface area contributed by atoms with Gasteiger partial charge in [0.05, 0.1) is 5.54 Å². The molecule has 1 heterocycles. The van der Waals surface area contributed by atoms with Crippen LogP contribution in [0.3, 0.4) is 0 Å². The molecule has 2 N–H and O–H groups in total. The van der Waals surface area contributed by atoms with Gasteiger partial charge in [0.2, 0.25) is 0 Å². The van der Waals surface area contributed by atoms with Gasteiger partial charge >= 0.3 is 0 Å². The maximum atomic E-state index is 3.69. The smallest absolute Gasteiger partial charge is 0.126 e. The highest BCUT2D eigenvalue weighted by Gasteiger charge is 2.36. The molecule has 1 aromatic rings. The number of thioether (sulfide) groups is 1. The van der Waals surface area contributed by atoms with Crippen molar-refractivity contribution in [2.75, 3.05) is 11.1 Å². The fourth-order valence-corrected chi connectivity index (χ4v) is 3.70. The Labute approximate surface area is 107 Å². The molecule has 0 bridgehead atoms. The van der Waals surface area contributed by atoms with Crippen molar-refractivity contribution in [3.63, 3.8) is 0 Å². The molecule has 2 nitrogen and oxygen atoms in total. The SMILES string of the molecule is CCSC1Nc2cccc3c2C(C)(C=CC3)N1. The van der Waals surface area contributed by atoms with Crippen molar-refractivity contribution in [1.29, 1.82) is 0 Å². The summed E-state index contributed by atoms with van der Waals surface area (Å²) in [6, 6.07) is 6.58. The van der Waals surface area contributed by atoms with E-state index in [1.165, 1.54) is 16.8 Å². The molecule has 2 aliphatic rings. The largest absolute Gasteiger partial charge is 0.361 e. The molecule has 0 fully saturated rings.